The molecule has 3 nitrogen and oxygen atoms in total. The Bertz CT molecular complexity index is 866. The molecule has 0 saturated heterocycles. The first kappa shape index (κ1) is 16.5. The number of nitrogens with one attached hydrogen (secondary N) is 2. The van der Waals surface area contributed by atoms with Gasteiger partial charge in [0.2, 0.25) is 0 Å². The summed E-state index contributed by atoms with van der Waals surface area (Å²) >= 11 is 0. The fourth-order valence-corrected chi connectivity index (χ4v) is 3.01. The first-order valence-corrected chi connectivity index (χ1v) is 8.54. The monoisotopic (exact) mass is 320 g/mol. The molecule has 3 rings (SSSR count). The number of benzene rings is 2. The molecule has 1 heterocycles. The maximum Gasteiger partial charge on any atom is 0.252 e. The Morgan fingerprint density at radius 2 is 1.83 bits per heavy atom. The molecule has 2 aromatic carbocycles. The summed E-state index contributed by atoms with van der Waals surface area (Å²) in [7, 11) is 0. The van der Waals surface area contributed by atoms with Gasteiger partial charge in [0.1, 0.15) is 0 Å². The Balaban J connectivity index is 1.71. The molecule has 0 radical (unpaired) electrons. The summed E-state index contributed by atoms with van der Waals surface area (Å²) in [6.07, 6.45) is 0.962. The van der Waals surface area contributed by atoms with Gasteiger partial charge in [0, 0.05) is 12.1 Å². The van der Waals surface area contributed by atoms with E-state index in [2.05, 4.69) is 66.6 Å². The average Bonchev–Trinajstić information content (AvgIpc) is 2.59. The quantitative estimate of drug-likeness (QED) is 0.675. The Morgan fingerprint density at radius 3 is 2.58 bits per heavy atom. The van der Waals surface area contributed by atoms with E-state index in [0.29, 0.717) is 12.5 Å². The standard InChI is InChI=1S/C21H24N2O/c1-15(2)19-10-6-9-17-13-18(21(24)23-20(17)19)14-22-12-11-16-7-4-3-5-8-16/h3-10,13,15,22H,11-12,14H2,1-2H3,(H,23,24). The summed E-state index contributed by atoms with van der Waals surface area (Å²) < 4.78 is 0. The van der Waals surface area contributed by atoms with Gasteiger partial charge in [-0.05, 0) is 41.5 Å². The van der Waals surface area contributed by atoms with E-state index in [1.54, 1.807) is 0 Å². The van der Waals surface area contributed by atoms with Crippen molar-refractivity contribution in [3.8, 4) is 0 Å². The fourth-order valence-electron chi connectivity index (χ4n) is 3.01. The SMILES string of the molecule is CC(C)c1cccc2cc(CNCCc3ccccc3)c(=O)[nH]c12. The van der Waals surface area contributed by atoms with Gasteiger partial charge in [0.05, 0.1) is 5.52 Å². The van der Waals surface area contributed by atoms with Gasteiger partial charge < -0.3 is 10.3 Å². The molecular weight excluding hydrogens is 296 g/mol. The number of aromatic amines is 1. The minimum absolute atomic E-state index is 0.00260. The van der Waals surface area contributed by atoms with Crippen molar-refractivity contribution in [2.75, 3.05) is 6.54 Å². The minimum Gasteiger partial charge on any atom is -0.321 e. The third-order valence-corrected chi connectivity index (χ3v) is 4.36. The van der Waals surface area contributed by atoms with Crippen LogP contribution >= 0.6 is 0 Å². The highest BCUT2D eigenvalue weighted by Gasteiger charge is 2.08. The van der Waals surface area contributed by atoms with Crippen LogP contribution in [0.3, 0.4) is 0 Å². The Labute approximate surface area is 142 Å². The predicted octanol–water partition coefficient (Wildman–Crippen LogP) is 3.98. The zero-order valence-corrected chi connectivity index (χ0v) is 14.3. The van der Waals surface area contributed by atoms with Crippen LogP contribution in [-0.4, -0.2) is 11.5 Å². The second-order valence-electron chi connectivity index (χ2n) is 6.50. The van der Waals surface area contributed by atoms with Crippen LogP contribution in [-0.2, 0) is 13.0 Å². The Morgan fingerprint density at radius 1 is 1.04 bits per heavy atom. The Hall–Kier alpha value is -2.39. The molecule has 0 bridgehead atoms. The normalized spacial score (nSPS) is 11.3. The van der Waals surface area contributed by atoms with E-state index >= 15 is 0 Å². The molecule has 0 spiro atoms. The average molecular weight is 320 g/mol. The lowest BCUT2D eigenvalue weighted by Crippen LogP contribution is -2.23. The first-order chi connectivity index (χ1) is 11.6. The minimum atomic E-state index is 0.00260. The van der Waals surface area contributed by atoms with Crippen LogP contribution in [0.25, 0.3) is 10.9 Å². The number of para-hydroxylation sites is 1. The van der Waals surface area contributed by atoms with Crippen molar-refractivity contribution in [3.05, 3.63) is 81.6 Å². The molecule has 0 fully saturated rings. The molecule has 3 heteroatoms. The fraction of sp³-hybridized carbons (Fsp3) is 0.286. The molecule has 1 aromatic heterocycles. The number of hydrogen-bond donors (Lipinski definition) is 2. The van der Waals surface area contributed by atoms with Crippen LogP contribution in [0.5, 0.6) is 0 Å². The summed E-state index contributed by atoms with van der Waals surface area (Å²) in [4.78, 5) is 15.4. The maximum atomic E-state index is 12.4. The van der Waals surface area contributed by atoms with Crippen molar-refractivity contribution in [2.24, 2.45) is 0 Å². The lowest BCUT2D eigenvalue weighted by molar-refractivity contribution is 0.682. The van der Waals surface area contributed by atoms with Gasteiger partial charge in [-0.3, -0.25) is 4.79 Å². The molecule has 0 atom stereocenters. The molecule has 0 unspecified atom stereocenters. The lowest BCUT2D eigenvalue weighted by atomic mass is 9.99. The molecular formula is C21H24N2O. The molecule has 24 heavy (non-hydrogen) atoms. The van der Waals surface area contributed by atoms with E-state index in [1.165, 1.54) is 11.1 Å². The van der Waals surface area contributed by atoms with Gasteiger partial charge in [0.25, 0.3) is 5.56 Å². The van der Waals surface area contributed by atoms with E-state index in [-0.39, 0.29) is 5.56 Å². The molecule has 3 aromatic rings. The van der Waals surface area contributed by atoms with Gasteiger partial charge in [0.15, 0.2) is 0 Å². The van der Waals surface area contributed by atoms with Gasteiger partial charge in [-0.1, -0.05) is 62.4 Å². The number of fused-ring (bicyclic) bond motifs is 1. The van der Waals surface area contributed by atoms with Crippen molar-refractivity contribution in [1.82, 2.24) is 10.3 Å². The van der Waals surface area contributed by atoms with Crippen molar-refractivity contribution >= 4 is 10.9 Å². The summed E-state index contributed by atoms with van der Waals surface area (Å²) in [6, 6.07) is 18.6. The van der Waals surface area contributed by atoms with Crippen LogP contribution in [0.4, 0.5) is 0 Å². The largest absolute Gasteiger partial charge is 0.321 e. The van der Waals surface area contributed by atoms with Gasteiger partial charge in [-0.25, -0.2) is 0 Å². The molecule has 0 saturated carbocycles. The van der Waals surface area contributed by atoms with E-state index in [4.69, 9.17) is 0 Å². The summed E-state index contributed by atoms with van der Waals surface area (Å²) in [5.74, 6) is 0.388. The molecule has 0 amide bonds. The summed E-state index contributed by atoms with van der Waals surface area (Å²) in [5.41, 5.74) is 4.25. The van der Waals surface area contributed by atoms with Gasteiger partial charge >= 0.3 is 0 Å². The summed E-state index contributed by atoms with van der Waals surface area (Å²) in [5, 5.41) is 4.47. The second-order valence-corrected chi connectivity index (χ2v) is 6.50. The van der Waals surface area contributed by atoms with Crippen LogP contribution < -0.4 is 10.9 Å². The van der Waals surface area contributed by atoms with Crippen LogP contribution in [0.2, 0.25) is 0 Å². The third-order valence-electron chi connectivity index (χ3n) is 4.36. The van der Waals surface area contributed by atoms with Crippen LogP contribution in [0.15, 0.2) is 59.4 Å². The molecule has 124 valence electrons. The number of hydrogen-bond acceptors (Lipinski definition) is 2. The molecule has 0 aliphatic rings. The van der Waals surface area contributed by atoms with Crippen LogP contribution in [0.1, 0.15) is 36.5 Å². The van der Waals surface area contributed by atoms with E-state index in [1.807, 2.05) is 12.1 Å². The topological polar surface area (TPSA) is 44.9 Å². The van der Waals surface area contributed by atoms with Crippen molar-refractivity contribution < 1.29 is 0 Å². The second kappa shape index (κ2) is 7.45. The van der Waals surface area contributed by atoms with Gasteiger partial charge in [-0.15, -0.1) is 0 Å². The smallest absolute Gasteiger partial charge is 0.252 e. The molecule has 2 N–H and O–H groups in total. The van der Waals surface area contributed by atoms with Crippen molar-refractivity contribution in [3.63, 3.8) is 0 Å². The summed E-state index contributed by atoms with van der Waals surface area (Å²) in [6.45, 7) is 5.73. The first-order valence-electron chi connectivity index (χ1n) is 8.54. The lowest BCUT2D eigenvalue weighted by Gasteiger charge is -2.11. The zero-order valence-electron chi connectivity index (χ0n) is 14.3. The maximum absolute atomic E-state index is 12.4. The van der Waals surface area contributed by atoms with E-state index in [0.717, 1.165) is 29.4 Å². The number of H-pyrrole nitrogens is 1. The van der Waals surface area contributed by atoms with Crippen molar-refractivity contribution in [1.29, 1.82) is 0 Å². The van der Waals surface area contributed by atoms with Crippen molar-refractivity contribution in [2.45, 2.75) is 32.7 Å². The number of rotatable bonds is 6. The Kier molecular flexibility index (Phi) is 5.11. The zero-order chi connectivity index (χ0) is 16.9. The highest BCUT2D eigenvalue weighted by Crippen LogP contribution is 2.23. The highest BCUT2D eigenvalue weighted by atomic mass is 16.1. The number of pyridine rings is 1. The van der Waals surface area contributed by atoms with E-state index in [9.17, 15) is 4.79 Å². The molecule has 0 aliphatic carbocycles. The number of aromatic nitrogens is 1. The molecule has 0 aliphatic heterocycles. The highest BCUT2D eigenvalue weighted by molar-refractivity contribution is 5.82. The van der Waals surface area contributed by atoms with Gasteiger partial charge in [-0.2, -0.15) is 0 Å². The predicted molar refractivity (Wildman–Crippen MR) is 101 cm³/mol. The van der Waals surface area contributed by atoms with E-state index < -0.39 is 0 Å². The third kappa shape index (κ3) is 3.74. The van der Waals surface area contributed by atoms with Crippen LogP contribution in [0, 0.1) is 0 Å².